The number of aromatic nitrogens is 2. The molecule has 0 saturated carbocycles. The number of sulfonamides is 1. The Hall–Kier alpha value is -2.48. The number of hydrogen-bond donors (Lipinski definition) is 1. The number of fused-ring (bicyclic) bond motifs is 1. The van der Waals surface area contributed by atoms with Crippen LogP contribution in [0, 0.1) is 11.6 Å². The van der Waals surface area contributed by atoms with E-state index in [9.17, 15) is 17.2 Å². The molecule has 0 bridgehead atoms. The van der Waals surface area contributed by atoms with Crippen molar-refractivity contribution in [1.82, 2.24) is 9.55 Å². The van der Waals surface area contributed by atoms with E-state index in [4.69, 9.17) is 0 Å². The van der Waals surface area contributed by atoms with E-state index in [0.29, 0.717) is 23.6 Å². The van der Waals surface area contributed by atoms with Gasteiger partial charge in [0.05, 0.1) is 5.69 Å². The molecule has 24 heavy (non-hydrogen) atoms. The molecule has 0 aliphatic heterocycles. The van der Waals surface area contributed by atoms with Gasteiger partial charge in [-0.25, -0.2) is 22.2 Å². The van der Waals surface area contributed by atoms with Crippen molar-refractivity contribution >= 4 is 26.7 Å². The molecule has 0 unspecified atom stereocenters. The number of nitrogens with zero attached hydrogens (tertiary/aromatic N) is 2. The standard InChI is InChI=1S/C16H15F2N3O2S/c1-2-8-21-10-15(12-4-3-7-19-16(12)21)24(22,23)20-14-6-5-11(17)9-13(14)18/h3-7,9-10,20H,2,8H2,1H3. The van der Waals surface area contributed by atoms with Gasteiger partial charge in [0, 0.05) is 30.4 Å². The second-order valence-corrected chi connectivity index (χ2v) is 6.94. The summed E-state index contributed by atoms with van der Waals surface area (Å²) in [5, 5.41) is 0.445. The summed E-state index contributed by atoms with van der Waals surface area (Å²) in [6.45, 7) is 2.57. The predicted molar refractivity (Wildman–Crippen MR) is 87.2 cm³/mol. The molecule has 2 heterocycles. The molecule has 0 atom stereocenters. The predicted octanol–water partition coefficient (Wildman–Crippen LogP) is 3.53. The van der Waals surface area contributed by atoms with Crippen LogP contribution in [0.1, 0.15) is 13.3 Å². The third-order valence-electron chi connectivity index (χ3n) is 3.53. The molecule has 8 heteroatoms. The zero-order valence-electron chi connectivity index (χ0n) is 12.8. The smallest absolute Gasteiger partial charge is 0.264 e. The summed E-state index contributed by atoms with van der Waals surface area (Å²) in [5.41, 5.74) is 0.232. The number of aryl methyl sites for hydroxylation is 1. The second kappa shape index (κ2) is 6.20. The van der Waals surface area contributed by atoms with Gasteiger partial charge in [-0.2, -0.15) is 0 Å². The Kier molecular flexibility index (Phi) is 4.23. The molecule has 0 aliphatic carbocycles. The van der Waals surface area contributed by atoms with Crippen molar-refractivity contribution in [2.24, 2.45) is 0 Å². The number of halogens is 2. The number of rotatable bonds is 5. The first-order valence-electron chi connectivity index (χ1n) is 7.34. The lowest BCUT2D eigenvalue weighted by atomic mass is 10.3. The zero-order valence-corrected chi connectivity index (χ0v) is 13.6. The van der Waals surface area contributed by atoms with E-state index in [1.165, 1.54) is 6.20 Å². The number of anilines is 1. The molecule has 1 aromatic carbocycles. The fraction of sp³-hybridized carbons (Fsp3) is 0.188. The van der Waals surface area contributed by atoms with Gasteiger partial charge in [-0.15, -0.1) is 0 Å². The molecule has 0 amide bonds. The topological polar surface area (TPSA) is 64.0 Å². The van der Waals surface area contributed by atoms with Crippen molar-refractivity contribution in [3.05, 3.63) is 54.4 Å². The quantitative estimate of drug-likeness (QED) is 0.765. The number of benzene rings is 1. The van der Waals surface area contributed by atoms with Crippen molar-refractivity contribution in [2.75, 3.05) is 4.72 Å². The lowest BCUT2D eigenvalue weighted by molar-refractivity contribution is 0.582. The Balaban J connectivity index is 2.08. The van der Waals surface area contributed by atoms with Gasteiger partial charge in [0.25, 0.3) is 10.0 Å². The highest BCUT2D eigenvalue weighted by Crippen LogP contribution is 2.27. The summed E-state index contributed by atoms with van der Waals surface area (Å²) in [4.78, 5) is 4.22. The highest BCUT2D eigenvalue weighted by molar-refractivity contribution is 7.93. The lowest BCUT2D eigenvalue weighted by Crippen LogP contribution is -2.14. The van der Waals surface area contributed by atoms with Gasteiger partial charge < -0.3 is 4.57 Å². The van der Waals surface area contributed by atoms with Gasteiger partial charge in [0.1, 0.15) is 22.2 Å². The highest BCUT2D eigenvalue weighted by atomic mass is 32.2. The first-order chi connectivity index (χ1) is 11.4. The molecule has 0 spiro atoms. The largest absolute Gasteiger partial charge is 0.331 e. The summed E-state index contributed by atoms with van der Waals surface area (Å²) in [7, 11) is -4.05. The minimum Gasteiger partial charge on any atom is -0.331 e. The van der Waals surface area contributed by atoms with Crippen LogP contribution in [-0.4, -0.2) is 18.0 Å². The SMILES string of the molecule is CCCn1cc(S(=O)(=O)Nc2ccc(F)cc2F)c2cccnc21. The summed E-state index contributed by atoms with van der Waals surface area (Å²) >= 11 is 0. The van der Waals surface area contributed by atoms with E-state index in [2.05, 4.69) is 9.71 Å². The highest BCUT2D eigenvalue weighted by Gasteiger charge is 2.22. The maximum atomic E-state index is 13.8. The molecule has 0 saturated heterocycles. The molecular formula is C16H15F2N3O2S. The van der Waals surface area contributed by atoms with Crippen LogP contribution in [0.5, 0.6) is 0 Å². The molecule has 3 rings (SSSR count). The van der Waals surface area contributed by atoms with E-state index in [-0.39, 0.29) is 10.6 Å². The third kappa shape index (κ3) is 2.96. The monoisotopic (exact) mass is 351 g/mol. The maximum Gasteiger partial charge on any atom is 0.264 e. The van der Waals surface area contributed by atoms with Crippen LogP contribution in [0.2, 0.25) is 0 Å². The van der Waals surface area contributed by atoms with Crippen molar-refractivity contribution in [2.45, 2.75) is 24.8 Å². The molecule has 3 aromatic rings. The minimum atomic E-state index is -4.05. The van der Waals surface area contributed by atoms with Gasteiger partial charge in [0.2, 0.25) is 0 Å². The molecule has 2 aromatic heterocycles. The van der Waals surface area contributed by atoms with Crippen LogP contribution in [-0.2, 0) is 16.6 Å². The Labute approximate surface area is 138 Å². The minimum absolute atomic E-state index is 0.00257. The molecule has 0 radical (unpaired) electrons. The Morgan fingerprint density at radius 3 is 2.75 bits per heavy atom. The van der Waals surface area contributed by atoms with E-state index in [0.717, 1.165) is 18.6 Å². The Morgan fingerprint density at radius 1 is 1.25 bits per heavy atom. The van der Waals surface area contributed by atoms with Gasteiger partial charge in [-0.1, -0.05) is 6.92 Å². The van der Waals surface area contributed by atoms with Crippen LogP contribution in [0.4, 0.5) is 14.5 Å². The van der Waals surface area contributed by atoms with E-state index in [1.807, 2.05) is 6.92 Å². The van der Waals surface area contributed by atoms with Gasteiger partial charge >= 0.3 is 0 Å². The van der Waals surface area contributed by atoms with Crippen LogP contribution in [0.25, 0.3) is 11.0 Å². The summed E-state index contributed by atoms with van der Waals surface area (Å²) < 4.78 is 55.9. The number of hydrogen-bond acceptors (Lipinski definition) is 3. The fourth-order valence-corrected chi connectivity index (χ4v) is 3.77. The third-order valence-corrected chi connectivity index (χ3v) is 4.92. The van der Waals surface area contributed by atoms with Gasteiger partial charge in [-0.05, 0) is 30.7 Å². The lowest BCUT2D eigenvalue weighted by Gasteiger charge is -2.08. The molecule has 0 fully saturated rings. The Morgan fingerprint density at radius 2 is 2.04 bits per heavy atom. The molecule has 126 valence electrons. The summed E-state index contributed by atoms with van der Waals surface area (Å²) in [6, 6.07) is 5.94. The first kappa shape index (κ1) is 16.4. The first-order valence-corrected chi connectivity index (χ1v) is 8.82. The van der Waals surface area contributed by atoms with Crippen LogP contribution < -0.4 is 4.72 Å². The fourth-order valence-electron chi connectivity index (χ4n) is 2.49. The van der Waals surface area contributed by atoms with Crippen LogP contribution in [0.15, 0.2) is 47.6 Å². The van der Waals surface area contributed by atoms with E-state index in [1.54, 1.807) is 22.9 Å². The zero-order chi connectivity index (χ0) is 17.3. The average molecular weight is 351 g/mol. The van der Waals surface area contributed by atoms with Crippen LogP contribution in [0.3, 0.4) is 0 Å². The average Bonchev–Trinajstić information content (AvgIpc) is 2.91. The van der Waals surface area contributed by atoms with Crippen molar-refractivity contribution in [3.8, 4) is 0 Å². The normalized spacial score (nSPS) is 11.8. The van der Waals surface area contributed by atoms with Crippen LogP contribution >= 0.6 is 0 Å². The number of pyridine rings is 1. The second-order valence-electron chi connectivity index (χ2n) is 5.29. The van der Waals surface area contributed by atoms with Crippen molar-refractivity contribution < 1.29 is 17.2 Å². The molecule has 5 nitrogen and oxygen atoms in total. The molecule has 1 N–H and O–H groups in total. The Bertz CT molecular complexity index is 1000. The van der Waals surface area contributed by atoms with E-state index < -0.39 is 21.7 Å². The van der Waals surface area contributed by atoms with Crippen molar-refractivity contribution in [3.63, 3.8) is 0 Å². The van der Waals surface area contributed by atoms with E-state index >= 15 is 0 Å². The molecule has 0 aliphatic rings. The summed E-state index contributed by atoms with van der Waals surface area (Å²) in [6.07, 6.45) is 3.86. The van der Waals surface area contributed by atoms with Gasteiger partial charge in [-0.3, -0.25) is 4.72 Å². The van der Waals surface area contributed by atoms with Crippen molar-refractivity contribution in [1.29, 1.82) is 0 Å². The summed E-state index contributed by atoms with van der Waals surface area (Å²) in [5.74, 6) is -1.76. The number of nitrogens with one attached hydrogen (secondary N) is 1. The maximum absolute atomic E-state index is 13.8. The van der Waals surface area contributed by atoms with Gasteiger partial charge in [0.15, 0.2) is 0 Å². The molecular weight excluding hydrogens is 336 g/mol.